The molecule has 136 valence electrons. The van der Waals surface area contributed by atoms with Crippen LogP contribution in [0.25, 0.3) is 0 Å². The third-order valence-corrected chi connectivity index (χ3v) is 4.17. The average Bonchev–Trinajstić information content (AvgIpc) is 2.57. The third-order valence-electron chi connectivity index (χ3n) is 4.17. The first kappa shape index (κ1) is 17.5. The highest BCUT2D eigenvalue weighted by Crippen LogP contribution is 2.37. The van der Waals surface area contributed by atoms with Crippen molar-refractivity contribution in [2.45, 2.75) is 25.1 Å². The van der Waals surface area contributed by atoms with Crippen molar-refractivity contribution in [2.75, 3.05) is 36.4 Å². The lowest BCUT2D eigenvalue weighted by molar-refractivity contribution is -0.137. The van der Waals surface area contributed by atoms with Crippen LogP contribution >= 0.6 is 0 Å². The van der Waals surface area contributed by atoms with E-state index in [2.05, 4.69) is 20.9 Å². The summed E-state index contributed by atoms with van der Waals surface area (Å²) < 4.78 is 40.4. The molecule has 3 heterocycles. The van der Waals surface area contributed by atoms with Crippen LogP contribution in [0.1, 0.15) is 18.4 Å². The molecule has 0 aromatic carbocycles. The van der Waals surface area contributed by atoms with Gasteiger partial charge in [-0.15, -0.1) is 0 Å². The van der Waals surface area contributed by atoms with Gasteiger partial charge in [-0.05, 0) is 12.5 Å². The number of hydrogen-bond donors (Lipinski definition) is 3. The first-order chi connectivity index (χ1) is 11.8. The second kappa shape index (κ2) is 6.87. The van der Waals surface area contributed by atoms with Gasteiger partial charge < -0.3 is 15.5 Å². The molecule has 3 rings (SSSR count). The van der Waals surface area contributed by atoms with E-state index in [9.17, 15) is 22.8 Å². The molecule has 2 aliphatic heterocycles. The Balaban J connectivity index is 1.84. The van der Waals surface area contributed by atoms with E-state index in [1.54, 1.807) is 4.90 Å². The van der Waals surface area contributed by atoms with Gasteiger partial charge in [-0.3, -0.25) is 14.9 Å². The van der Waals surface area contributed by atoms with Crippen molar-refractivity contribution in [2.24, 2.45) is 0 Å². The Labute approximate surface area is 142 Å². The number of carbonyl (C=O) groups excluding carboxylic acids is 2. The molecule has 2 fully saturated rings. The summed E-state index contributed by atoms with van der Waals surface area (Å²) in [7, 11) is 0. The fraction of sp³-hybridized carbons (Fsp3) is 0.533. The molecule has 2 saturated heterocycles. The molecular formula is C15H18F3N5O2. The van der Waals surface area contributed by atoms with Crippen molar-refractivity contribution in [1.29, 1.82) is 0 Å². The fourth-order valence-corrected chi connectivity index (χ4v) is 2.91. The second-order valence-corrected chi connectivity index (χ2v) is 5.98. The number of piperidine rings is 1. The zero-order valence-corrected chi connectivity index (χ0v) is 13.3. The lowest BCUT2D eigenvalue weighted by Gasteiger charge is -2.31. The normalized spacial score (nSPS) is 21.9. The number of carbonyl (C=O) groups is 2. The summed E-state index contributed by atoms with van der Waals surface area (Å²) in [5.41, 5.74) is -0.743. The Kier molecular flexibility index (Phi) is 4.80. The molecule has 0 saturated carbocycles. The predicted molar refractivity (Wildman–Crippen MR) is 84.1 cm³/mol. The number of imide groups is 1. The van der Waals surface area contributed by atoms with Gasteiger partial charge in [0.2, 0.25) is 11.8 Å². The molecule has 1 aromatic heterocycles. The lowest BCUT2D eigenvalue weighted by atomic mass is 10.1. The third kappa shape index (κ3) is 4.01. The highest BCUT2D eigenvalue weighted by atomic mass is 19.4. The number of nitrogens with zero attached hydrogens (tertiary/aromatic N) is 2. The minimum Gasteiger partial charge on any atom is -0.372 e. The van der Waals surface area contributed by atoms with E-state index in [-0.39, 0.29) is 30.3 Å². The van der Waals surface area contributed by atoms with Crippen molar-refractivity contribution in [3.05, 3.63) is 17.8 Å². The molecule has 10 heteroatoms. The van der Waals surface area contributed by atoms with E-state index >= 15 is 0 Å². The van der Waals surface area contributed by atoms with Crippen LogP contribution in [0.3, 0.4) is 0 Å². The maximum atomic E-state index is 13.5. The van der Waals surface area contributed by atoms with Crippen LogP contribution in [0.4, 0.5) is 24.7 Å². The zero-order chi connectivity index (χ0) is 18.0. The summed E-state index contributed by atoms with van der Waals surface area (Å²) in [4.78, 5) is 28.5. The number of alkyl halides is 3. The molecule has 25 heavy (non-hydrogen) atoms. The summed E-state index contributed by atoms with van der Waals surface area (Å²) in [6.45, 7) is 2.07. The molecule has 2 aliphatic rings. The number of anilines is 2. The summed E-state index contributed by atoms with van der Waals surface area (Å²) in [6, 6.07) is 0.208. The van der Waals surface area contributed by atoms with E-state index in [0.717, 1.165) is 6.07 Å². The van der Waals surface area contributed by atoms with Gasteiger partial charge in [0.05, 0.1) is 11.9 Å². The topological polar surface area (TPSA) is 86.4 Å². The van der Waals surface area contributed by atoms with E-state index in [1.807, 2.05) is 0 Å². The molecule has 1 atom stereocenters. The first-order valence-corrected chi connectivity index (χ1v) is 7.98. The molecule has 0 bridgehead atoms. The quantitative estimate of drug-likeness (QED) is 0.692. The Morgan fingerprint density at radius 2 is 1.96 bits per heavy atom. The van der Waals surface area contributed by atoms with Crippen LogP contribution in [0, 0.1) is 0 Å². The molecule has 7 nitrogen and oxygen atoms in total. The SMILES string of the molecule is O=C1CCC(Nc2cnc(N3CCNCC3)c(C(F)(F)F)c2)C(=O)N1. The standard InChI is InChI=1S/C15H18F3N5O2/c16-15(17,18)10-7-9(21-11-1-2-12(24)22-14(11)25)8-20-13(10)23-5-3-19-4-6-23/h7-8,11,19,21H,1-6H2,(H,22,24,25). The Morgan fingerprint density at radius 1 is 1.24 bits per heavy atom. The number of amides is 2. The molecular weight excluding hydrogens is 339 g/mol. The van der Waals surface area contributed by atoms with E-state index in [1.165, 1.54) is 6.20 Å². The van der Waals surface area contributed by atoms with Crippen molar-refractivity contribution < 1.29 is 22.8 Å². The lowest BCUT2D eigenvalue weighted by Crippen LogP contribution is -2.47. The number of halogens is 3. The van der Waals surface area contributed by atoms with E-state index in [0.29, 0.717) is 26.2 Å². The predicted octanol–water partition coefficient (Wildman–Crippen LogP) is 0.727. The monoisotopic (exact) mass is 357 g/mol. The van der Waals surface area contributed by atoms with Gasteiger partial charge in [0.15, 0.2) is 0 Å². The number of hydrogen-bond acceptors (Lipinski definition) is 6. The molecule has 1 aromatic rings. The van der Waals surface area contributed by atoms with Crippen LogP contribution < -0.4 is 20.9 Å². The largest absolute Gasteiger partial charge is 0.420 e. The summed E-state index contributed by atoms with van der Waals surface area (Å²) in [5.74, 6) is -1.04. The minimum absolute atomic E-state index is 0.0979. The van der Waals surface area contributed by atoms with Gasteiger partial charge in [0.1, 0.15) is 17.4 Å². The van der Waals surface area contributed by atoms with Crippen LogP contribution in [0.2, 0.25) is 0 Å². The highest BCUT2D eigenvalue weighted by Gasteiger charge is 2.37. The van der Waals surface area contributed by atoms with Crippen molar-refractivity contribution in [1.82, 2.24) is 15.6 Å². The number of pyridine rings is 1. The van der Waals surface area contributed by atoms with Crippen LogP contribution in [-0.4, -0.2) is 49.0 Å². The van der Waals surface area contributed by atoms with Crippen molar-refractivity contribution in [3.63, 3.8) is 0 Å². The molecule has 2 amide bonds. The molecule has 0 radical (unpaired) electrons. The van der Waals surface area contributed by atoms with Gasteiger partial charge in [0.25, 0.3) is 0 Å². The number of piperazine rings is 1. The first-order valence-electron chi connectivity index (χ1n) is 7.98. The number of rotatable bonds is 3. The van der Waals surface area contributed by atoms with Gasteiger partial charge in [0, 0.05) is 32.6 Å². The van der Waals surface area contributed by atoms with E-state index in [4.69, 9.17) is 0 Å². The van der Waals surface area contributed by atoms with Gasteiger partial charge in [-0.1, -0.05) is 0 Å². The second-order valence-electron chi connectivity index (χ2n) is 5.98. The van der Waals surface area contributed by atoms with Crippen molar-refractivity contribution in [3.8, 4) is 0 Å². The maximum Gasteiger partial charge on any atom is 0.420 e. The molecule has 1 unspecified atom stereocenters. The van der Waals surface area contributed by atoms with Crippen molar-refractivity contribution >= 4 is 23.3 Å². The molecule has 0 spiro atoms. The average molecular weight is 357 g/mol. The highest BCUT2D eigenvalue weighted by molar-refractivity contribution is 6.01. The maximum absolute atomic E-state index is 13.5. The Morgan fingerprint density at radius 3 is 2.60 bits per heavy atom. The minimum atomic E-state index is -4.56. The zero-order valence-electron chi connectivity index (χ0n) is 13.3. The van der Waals surface area contributed by atoms with Crippen LogP contribution in [0.5, 0.6) is 0 Å². The summed E-state index contributed by atoms with van der Waals surface area (Å²) in [5, 5.41) is 7.98. The number of aromatic nitrogens is 1. The van der Waals surface area contributed by atoms with Gasteiger partial charge in [-0.2, -0.15) is 13.2 Å². The molecule has 3 N–H and O–H groups in total. The Bertz CT molecular complexity index is 674. The van der Waals surface area contributed by atoms with Gasteiger partial charge >= 0.3 is 6.18 Å². The fourth-order valence-electron chi connectivity index (χ4n) is 2.91. The van der Waals surface area contributed by atoms with Crippen LogP contribution in [0.15, 0.2) is 12.3 Å². The summed E-state index contributed by atoms with van der Waals surface area (Å²) in [6.07, 6.45) is -2.90. The van der Waals surface area contributed by atoms with Gasteiger partial charge in [-0.25, -0.2) is 4.98 Å². The smallest absolute Gasteiger partial charge is 0.372 e. The Hall–Kier alpha value is -2.36. The molecule has 0 aliphatic carbocycles. The van der Waals surface area contributed by atoms with E-state index < -0.39 is 23.7 Å². The van der Waals surface area contributed by atoms with Crippen LogP contribution in [-0.2, 0) is 15.8 Å². The number of nitrogens with one attached hydrogen (secondary N) is 3. The summed E-state index contributed by atoms with van der Waals surface area (Å²) >= 11 is 0.